The monoisotopic (exact) mass is 824 g/mol. The first kappa shape index (κ1) is 45.5. The summed E-state index contributed by atoms with van der Waals surface area (Å²) < 4.78 is 12.1. The average Bonchev–Trinajstić information content (AvgIpc) is 4.02. The highest BCUT2D eigenvalue weighted by molar-refractivity contribution is 7.09. The zero-order valence-corrected chi connectivity index (χ0v) is 37.2. The standard InChI is InChI=1S/C44H69N7O6S/c1-11-26(4)38(50(8)44(55)37(25(2)3)48-42(54)39-31-17-18-33(27(31)5)49(39)7)35(56-9)24-36(52)51-20-13-16-34(51)40(57-10)28(6)41(53)47-32(43-46-19-21-58-43)23-29-14-12-15-30(45)22-29/h12,14-15,19,21-22,25-28,31-35,37-40H,11,13,16-18,20,23-24,45H2,1-10H3,(H,47,53)(H,48,54)/t26-,27-,28+,31?,32-,33?,34-,35+,37-,38?,39-,40+/m0/s1. The summed E-state index contributed by atoms with van der Waals surface area (Å²) in [5, 5.41) is 9.07. The van der Waals surface area contributed by atoms with Crippen LogP contribution in [0.3, 0.4) is 0 Å². The number of nitrogens with two attached hydrogens (primary N) is 1. The van der Waals surface area contributed by atoms with Crippen LogP contribution in [-0.4, -0.2) is 121 Å². The number of rotatable bonds is 19. The van der Waals surface area contributed by atoms with Gasteiger partial charge < -0.3 is 35.6 Å². The van der Waals surface area contributed by atoms with Gasteiger partial charge in [-0.1, -0.05) is 60.1 Å². The van der Waals surface area contributed by atoms with E-state index in [9.17, 15) is 19.2 Å². The Balaban J connectivity index is 1.27. The molecular weight excluding hydrogens is 755 g/mol. The molecule has 322 valence electrons. The number of aromatic nitrogens is 1. The number of carbonyl (C=O) groups excluding carboxylic acids is 4. The second-order valence-electron chi connectivity index (χ2n) is 17.5. The maximum Gasteiger partial charge on any atom is 0.245 e. The number of nitrogens with zero attached hydrogens (tertiary/aromatic N) is 4. The fraction of sp³-hybridized carbons (Fsp3) is 0.705. The van der Waals surface area contributed by atoms with Crippen LogP contribution in [0.15, 0.2) is 35.8 Å². The van der Waals surface area contributed by atoms with Gasteiger partial charge in [0.1, 0.15) is 11.0 Å². The van der Waals surface area contributed by atoms with Crippen LogP contribution in [0.5, 0.6) is 0 Å². The summed E-state index contributed by atoms with van der Waals surface area (Å²) in [5.41, 5.74) is 7.70. The topological polar surface area (TPSA) is 159 Å². The Bertz CT molecular complexity index is 1690. The van der Waals surface area contributed by atoms with Gasteiger partial charge in [-0.25, -0.2) is 4.98 Å². The number of fused-ring (bicyclic) bond motifs is 2. The van der Waals surface area contributed by atoms with E-state index in [4.69, 9.17) is 15.2 Å². The Morgan fingerprint density at radius 2 is 1.81 bits per heavy atom. The molecule has 1 aliphatic carbocycles. The third-order valence-electron chi connectivity index (χ3n) is 13.7. The Labute approximate surface area is 350 Å². The van der Waals surface area contributed by atoms with Crippen LogP contribution in [0.2, 0.25) is 0 Å². The van der Waals surface area contributed by atoms with Crippen molar-refractivity contribution in [1.82, 2.24) is 30.3 Å². The van der Waals surface area contributed by atoms with E-state index in [1.54, 1.807) is 32.4 Å². The van der Waals surface area contributed by atoms with Crippen molar-refractivity contribution in [3.05, 3.63) is 46.4 Å². The Morgan fingerprint density at radius 1 is 1.07 bits per heavy atom. The molecule has 3 heterocycles. The third kappa shape index (κ3) is 9.88. The Morgan fingerprint density at radius 3 is 2.40 bits per heavy atom. The van der Waals surface area contributed by atoms with Crippen LogP contribution >= 0.6 is 11.3 Å². The summed E-state index contributed by atoms with van der Waals surface area (Å²) in [6.45, 7) is 12.7. The van der Waals surface area contributed by atoms with E-state index in [0.29, 0.717) is 37.0 Å². The van der Waals surface area contributed by atoms with E-state index >= 15 is 0 Å². The fourth-order valence-corrected chi connectivity index (χ4v) is 10.9. The number of piperidine rings is 1. The van der Waals surface area contributed by atoms with Gasteiger partial charge >= 0.3 is 0 Å². The van der Waals surface area contributed by atoms with Crippen LogP contribution in [0.1, 0.15) is 96.7 Å². The van der Waals surface area contributed by atoms with Gasteiger partial charge in [0.25, 0.3) is 0 Å². The number of methoxy groups -OCH3 is 2. The van der Waals surface area contributed by atoms with Gasteiger partial charge in [0, 0.05) is 51.1 Å². The van der Waals surface area contributed by atoms with E-state index in [1.165, 1.54) is 11.3 Å². The number of thiazole rings is 1. The zero-order valence-electron chi connectivity index (χ0n) is 36.4. The first-order chi connectivity index (χ1) is 27.6. The molecule has 0 radical (unpaired) electrons. The van der Waals surface area contributed by atoms with E-state index in [1.807, 2.05) is 62.4 Å². The van der Waals surface area contributed by atoms with Crippen molar-refractivity contribution >= 4 is 40.7 Å². The maximum atomic E-state index is 14.4. The fourth-order valence-electron chi connectivity index (χ4n) is 10.2. The molecule has 2 bridgehead atoms. The van der Waals surface area contributed by atoms with Crippen molar-refractivity contribution in [2.24, 2.45) is 29.6 Å². The highest BCUT2D eigenvalue weighted by atomic mass is 32.1. The first-order valence-electron chi connectivity index (χ1n) is 21.3. The second-order valence-corrected chi connectivity index (χ2v) is 18.4. The normalized spacial score (nSPS) is 25.5. The minimum Gasteiger partial charge on any atom is -0.399 e. The summed E-state index contributed by atoms with van der Waals surface area (Å²) in [5.74, 6) is -0.556. The minimum absolute atomic E-state index is 0.00399. The number of nitrogen functional groups attached to an aromatic ring is 1. The van der Waals surface area contributed by atoms with E-state index < -0.39 is 30.2 Å². The zero-order chi connectivity index (χ0) is 42.4. The molecule has 2 aliphatic heterocycles. The maximum absolute atomic E-state index is 14.4. The lowest BCUT2D eigenvalue weighted by Gasteiger charge is -2.41. The molecule has 1 saturated carbocycles. The Hall–Kier alpha value is -3.59. The van der Waals surface area contributed by atoms with E-state index in [0.717, 1.165) is 36.3 Å². The molecule has 1 aromatic heterocycles. The molecule has 2 aromatic rings. The van der Waals surface area contributed by atoms with Crippen molar-refractivity contribution in [2.75, 3.05) is 40.6 Å². The first-order valence-corrected chi connectivity index (χ1v) is 22.2. The van der Waals surface area contributed by atoms with Crippen molar-refractivity contribution in [2.45, 2.75) is 135 Å². The molecule has 1 aromatic carbocycles. The number of carbonyl (C=O) groups is 4. The lowest BCUT2D eigenvalue weighted by atomic mass is 9.89. The van der Waals surface area contributed by atoms with Crippen LogP contribution in [0, 0.1) is 29.6 Å². The number of hydrogen-bond acceptors (Lipinski definition) is 10. The molecule has 3 aliphatic rings. The molecule has 14 heteroatoms. The molecule has 4 amide bonds. The van der Waals surface area contributed by atoms with Crippen LogP contribution < -0.4 is 16.4 Å². The van der Waals surface area contributed by atoms with Gasteiger partial charge in [0.05, 0.1) is 48.7 Å². The largest absolute Gasteiger partial charge is 0.399 e. The molecule has 13 nitrogen and oxygen atoms in total. The number of amides is 4. The number of hydrogen-bond donors (Lipinski definition) is 3. The lowest BCUT2D eigenvalue weighted by Crippen LogP contribution is -2.60. The smallest absolute Gasteiger partial charge is 0.245 e. The summed E-state index contributed by atoms with van der Waals surface area (Å²) in [4.78, 5) is 66.9. The predicted molar refractivity (Wildman–Crippen MR) is 228 cm³/mol. The van der Waals surface area contributed by atoms with Crippen molar-refractivity contribution in [1.29, 1.82) is 0 Å². The van der Waals surface area contributed by atoms with Crippen molar-refractivity contribution < 1.29 is 28.7 Å². The molecule has 3 fully saturated rings. The van der Waals surface area contributed by atoms with Gasteiger partial charge in [-0.3, -0.25) is 24.1 Å². The van der Waals surface area contributed by atoms with Gasteiger partial charge in [0.15, 0.2) is 0 Å². The van der Waals surface area contributed by atoms with Crippen LogP contribution in [-0.2, 0) is 35.1 Å². The number of nitrogens with one attached hydrogen (secondary N) is 2. The SMILES string of the molecule is CC[C@H](C)C([C@@H](CC(=O)N1CCC[C@H]1[C@H](OC)[C@@H](C)C(=O)N[C@@H](Cc1cccc(N)c1)c1nccs1)OC)N(C)C(=O)[C@@H](NC(=O)[C@@H]1C2CCC([C@H]2C)N1C)C(C)C. The molecular formula is C44H69N7O6S. The highest BCUT2D eigenvalue weighted by Gasteiger charge is 2.53. The van der Waals surface area contributed by atoms with Gasteiger partial charge in [-0.2, -0.15) is 0 Å². The second kappa shape index (κ2) is 20.1. The van der Waals surface area contributed by atoms with Crippen molar-refractivity contribution in [3.63, 3.8) is 0 Å². The molecule has 58 heavy (non-hydrogen) atoms. The summed E-state index contributed by atoms with van der Waals surface area (Å²) >= 11 is 1.48. The van der Waals surface area contributed by atoms with E-state index in [2.05, 4.69) is 41.3 Å². The quantitative estimate of drug-likeness (QED) is 0.167. The average molecular weight is 824 g/mol. The van der Waals surface area contributed by atoms with Gasteiger partial charge in [-0.05, 0) is 80.5 Å². The molecule has 3 unspecified atom stereocenters. The summed E-state index contributed by atoms with van der Waals surface area (Å²) in [6, 6.07) is 5.95. The lowest BCUT2D eigenvalue weighted by molar-refractivity contribution is -0.148. The number of ether oxygens (including phenoxy) is 2. The molecule has 0 spiro atoms. The van der Waals surface area contributed by atoms with Crippen LogP contribution in [0.25, 0.3) is 0 Å². The predicted octanol–water partition coefficient (Wildman–Crippen LogP) is 4.92. The molecule has 2 saturated heterocycles. The third-order valence-corrected chi connectivity index (χ3v) is 14.5. The number of likely N-dealkylation sites (N-methyl/N-ethyl adjacent to an activating group) is 2. The van der Waals surface area contributed by atoms with Gasteiger partial charge in [-0.15, -0.1) is 11.3 Å². The number of anilines is 1. The number of likely N-dealkylation sites (tertiary alicyclic amines) is 2. The summed E-state index contributed by atoms with van der Waals surface area (Å²) in [7, 11) is 6.99. The number of benzene rings is 1. The van der Waals surface area contributed by atoms with Crippen LogP contribution in [0.4, 0.5) is 5.69 Å². The summed E-state index contributed by atoms with van der Waals surface area (Å²) in [6.07, 6.45) is 5.51. The van der Waals surface area contributed by atoms with Crippen molar-refractivity contribution in [3.8, 4) is 0 Å². The minimum atomic E-state index is -0.723. The molecule has 5 rings (SSSR count). The molecule has 12 atom stereocenters. The molecule has 4 N–H and O–H groups in total. The highest BCUT2D eigenvalue weighted by Crippen LogP contribution is 2.46. The Kier molecular flexibility index (Phi) is 15.8. The van der Waals surface area contributed by atoms with E-state index in [-0.39, 0.29) is 65.9 Å². The van der Waals surface area contributed by atoms with Gasteiger partial charge in [0.2, 0.25) is 23.6 Å².